The topological polar surface area (TPSA) is 41.1 Å². The second-order valence-electron chi connectivity index (χ2n) is 3.74. The Morgan fingerprint density at radius 3 is 2.65 bits per heavy atom. The average molecular weight is 242 g/mol. The molecule has 2 N–H and O–H groups in total. The quantitative estimate of drug-likeness (QED) is 0.826. The Hall–Kier alpha value is -1.49. The third kappa shape index (κ3) is 4.11. The Bertz CT molecular complexity index is 396. The molecule has 0 aliphatic rings. The van der Waals surface area contributed by atoms with Crippen molar-refractivity contribution in [2.45, 2.75) is 19.9 Å². The van der Waals surface area contributed by atoms with E-state index in [-0.39, 0.29) is 18.5 Å². The van der Waals surface area contributed by atoms with E-state index in [0.717, 1.165) is 12.1 Å². The summed E-state index contributed by atoms with van der Waals surface area (Å²) < 4.78 is 25.7. The van der Waals surface area contributed by atoms with Gasteiger partial charge in [-0.15, -0.1) is 0 Å². The summed E-state index contributed by atoms with van der Waals surface area (Å²) in [6, 6.07) is 3.25. The van der Waals surface area contributed by atoms with E-state index in [1.54, 1.807) is 6.92 Å². The van der Waals surface area contributed by atoms with Gasteiger partial charge < -0.3 is 10.6 Å². The molecule has 1 atom stereocenters. The van der Waals surface area contributed by atoms with Crippen LogP contribution in [0.4, 0.5) is 8.78 Å². The van der Waals surface area contributed by atoms with Gasteiger partial charge in [0.25, 0.3) is 0 Å². The number of halogens is 2. The zero-order valence-electron chi connectivity index (χ0n) is 9.89. The Kier molecular flexibility index (Phi) is 5.03. The first-order valence-corrected chi connectivity index (χ1v) is 5.49. The van der Waals surface area contributed by atoms with Crippen molar-refractivity contribution < 1.29 is 13.6 Å². The van der Waals surface area contributed by atoms with Crippen molar-refractivity contribution in [1.82, 2.24) is 10.6 Å². The molecule has 1 unspecified atom stereocenters. The van der Waals surface area contributed by atoms with Gasteiger partial charge >= 0.3 is 0 Å². The fraction of sp³-hybridized carbons (Fsp3) is 0.417. The van der Waals surface area contributed by atoms with Gasteiger partial charge in [-0.05, 0) is 31.2 Å². The highest BCUT2D eigenvalue weighted by Gasteiger charge is 2.11. The number of carbonyl (C=O) groups is 1. The van der Waals surface area contributed by atoms with Crippen LogP contribution in [0.5, 0.6) is 0 Å². The van der Waals surface area contributed by atoms with Crippen molar-refractivity contribution in [3.63, 3.8) is 0 Å². The first-order valence-electron chi connectivity index (χ1n) is 5.49. The zero-order chi connectivity index (χ0) is 12.8. The van der Waals surface area contributed by atoms with Crippen molar-refractivity contribution in [3.05, 3.63) is 35.4 Å². The molecule has 1 rings (SSSR count). The molecule has 0 spiro atoms. The van der Waals surface area contributed by atoms with Crippen LogP contribution in [0.2, 0.25) is 0 Å². The maximum atomic E-state index is 13.0. The van der Waals surface area contributed by atoms with E-state index in [1.807, 2.05) is 6.92 Å². The van der Waals surface area contributed by atoms with Gasteiger partial charge in [0.05, 0.1) is 12.6 Å². The maximum absolute atomic E-state index is 13.0. The number of amides is 1. The summed E-state index contributed by atoms with van der Waals surface area (Å²) in [4.78, 5) is 11.4. The van der Waals surface area contributed by atoms with Crippen molar-refractivity contribution >= 4 is 5.91 Å². The van der Waals surface area contributed by atoms with Gasteiger partial charge in [0.15, 0.2) is 11.6 Å². The Balaban J connectivity index is 2.60. The molecule has 1 amide bonds. The summed E-state index contributed by atoms with van der Waals surface area (Å²) in [6.07, 6.45) is 0. The number of nitrogens with one attached hydrogen (secondary N) is 2. The van der Waals surface area contributed by atoms with Crippen LogP contribution < -0.4 is 10.6 Å². The molecule has 0 saturated carbocycles. The van der Waals surface area contributed by atoms with E-state index >= 15 is 0 Å². The molecular weight excluding hydrogens is 226 g/mol. The first kappa shape index (κ1) is 13.6. The Morgan fingerprint density at radius 2 is 2.06 bits per heavy atom. The van der Waals surface area contributed by atoms with Gasteiger partial charge in [0, 0.05) is 0 Å². The summed E-state index contributed by atoms with van der Waals surface area (Å²) in [5.74, 6) is -1.97. The molecule has 1 aromatic rings. The van der Waals surface area contributed by atoms with Crippen LogP contribution in [-0.2, 0) is 4.79 Å². The third-order valence-corrected chi connectivity index (χ3v) is 2.36. The van der Waals surface area contributed by atoms with Gasteiger partial charge in [-0.3, -0.25) is 4.79 Å². The molecule has 0 bridgehead atoms. The van der Waals surface area contributed by atoms with Gasteiger partial charge in [-0.1, -0.05) is 13.0 Å². The fourth-order valence-corrected chi connectivity index (χ4v) is 1.40. The van der Waals surface area contributed by atoms with Gasteiger partial charge in [0.1, 0.15) is 0 Å². The van der Waals surface area contributed by atoms with Crippen LogP contribution in [0.1, 0.15) is 25.5 Å². The molecule has 0 aromatic heterocycles. The van der Waals surface area contributed by atoms with E-state index in [9.17, 15) is 13.6 Å². The van der Waals surface area contributed by atoms with Crippen LogP contribution in [0.15, 0.2) is 18.2 Å². The van der Waals surface area contributed by atoms with Crippen LogP contribution in [0.3, 0.4) is 0 Å². The molecule has 0 aliphatic carbocycles. The second kappa shape index (κ2) is 6.30. The van der Waals surface area contributed by atoms with Crippen LogP contribution in [0, 0.1) is 11.6 Å². The standard InChI is InChI=1S/C12H16F2N2O/c1-3-15-7-12(17)16-8(2)9-4-5-10(13)11(14)6-9/h4-6,8,15H,3,7H2,1-2H3,(H,16,17). The fourth-order valence-electron chi connectivity index (χ4n) is 1.40. The van der Waals surface area contributed by atoms with Crippen LogP contribution >= 0.6 is 0 Å². The van der Waals surface area contributed by atoms with E-state index in [2.05, 4.69) is 10.6 Å². The molecule has 0 heterocycles. The molecule has 0 aliphatic heterocycles. The van der Waals surface area contributed by atoms with Crippen molar-refractivity contribution in [3.8, 4) is 0 Å². The minimum absolute atomic E-state index is 0.177. The van der Waals surface area contributed by atoms with Gasteiger partial charge in [0.2, 0.25) is 5.91 Å². The highest BCUT2D eigenvalue weighted by molar-refractivity contribution is 5.78. The first-order chi connectivity index (χ1) is 8.04. The number of likely N-dealkylation sites (N-methyl/N-ethyl adjacent to an activating group) is 1. The van der Waals surface area contributed by atoms with Crippen LogP contribution in [-0.4, -0.2) is 19.0 Å². The molecular formula is C12H16F2N2O. The van der Waals surface area contributed by atoms with Crippen molar-refractivity contribution in [2.24, 2.45) is 0 Å². The largest absolute Gasteiger partial charge is 0.348 e. The molecule has 0 radical (unpaired) electrons. The Labute approximate surface area is 99.2 Å². The maximum Gasteiger partial charge on any atom is 0.234 e. The van der Waals surface area contributed by atoms with Crippen molar-refractivity contribution in [1.29, 1.82) is 0 Å². The van der Waals surface area contributed by atoms with Crippen molar-refractivity contribution in [2.75, 3.05) is 13.1 Å². The molecule has 1 aromatic carbocycles. The molecule has 3 nitrogen and oxygen atoms in total. The highest BCUT2D eigenvalue weighted by Crippen LogP contribution is 2.15. The van der Waals surface area contributed by atoms with E-state index in [0.29, 0.717) is 12.1 Å². The molecule has 17 heavy (non-hydrogen) atoms. The third-order valence-electron chi connectivity index (χ3n) is 2.36. The van der Waals surface area contributed by atoms with Gasteiger partial charge in [-0.2, -0.15) is 0 Å². The second-order valence-corrected chi connectivity index (χ2v) is 3.74. The lowest BCUT2D eigenvalue weighted by Crippen LogP contribution is -2.35. The minimum Gasteiger partial charge on any atom is -0.348 e. The van der Waals surface area contributed by atoms with Gasteiger partial charge in [-0.25, -0.2) is 8.78 Å². The van der Waals surface area contributed by atoms with E-state index < -0.39 is 11.6 Å². The van der Waals surface area contributed by atoms with E-state index in [4.69, 9.17) is 0 Å². The summed E-state index contributed by atoms with van der Waals surface area (Å²) in [5.41, 5.74) is 0.536. The monoisotopic (exact) mass is 242 g/mol. The Morgan fingerprint density at radius 1 is 1.35 bits per heavy atom. The lowest BCUT2D eigenvalue weighted by molar-refractivity contribution is -0.120. The number of rotatable bonds is 5. The lowest BCUT2D eigenvalue weighted by atomic mass is 10.1. The molecule has 5 heteroatoms. The summed E-state index contributed by atoms with van der Waals surface area (Å²) in [6.45, 7) is 4.53. The zero-order valence-corrected chi connectivity index (χ0v) is 9.89. The summed E-state index contributed by atoms with van der Waals surface area (Å²) >= 11 is 0. The number of carbonyl (C=O) groups excluding carboxylic acids is 1. The van der Waals surface area contributed by atoms with Crippen LogP contribution in [0.25, 0.3) is 0 Å². The highest BCUT2D eigenvalue weighted by atomic mass is 19.2. The number of benzene rings is 1. The average Bonchev–Trinajstić information content (AvgIpc) is 2.30. The SMILES string of the molecule is CCNCC(=O)NC(C)c1ccc(F)c(F)c1. The molecule has 0 fully saturated rings. The minimum atomic E-state index is -0.907. The number of hydrogen-bond donors (Lipinski definition) is 2. The molecule has 0 saturated heterocycles. The number of hydrogen-bond acceptors (Lipinski definition) is 2. The summed E-state index contributed by atoms with van der Waals surface area (Å²) in [7, 11) is 0. The predicted molar refractivity (Wildman–Crippen MR) is 61.5 cm³/mol. The smallest absolute Gasteiger partial charge is 0.234 e. The lowest BCUT2D eigenvalue weighted by Gasteiger charge is -2.14. The summed E-state index contributed by atoms with van der Waals surface area (Å²) in [5, 5.41) is 5.57. The normalized spacial score (nSPS) is 12.2. The molecule has 94 valence electrons. The predicted octanol–water partition coefficient (Wildman–Crippen LogP) is 1.75. The van der Waals surface area contributed by atoms with E-state index in [1.165, 1.54) is 6.07 Å².